The molecule has 0 saturated heterocycles. The highest BCUT2D eigenvalue weighted by Crippen LogP contribution is 2.32. The van der Waals surface area contributed by atoms with Gasteiger partial charge in [-0.25, -0.2) is 5.43 Å². The van der Waals surface area contributed by atoms with Crippen molar-refractivity contribution in [2.75, 3.05) is 27.2 Å². The highest BCUT2D eigenvalue weighted by atomic mass is 79.9. The van der Waals surface area contributed by atoms with Gasteiger partial charge in [0.25, 0.3) is 0 Å². The summed E-state index contributed by atoms with van der Waals surface area (Å²) in [6, 6.07) is -0.151. The van der Waals surface area contributed by atoms with Gasteiger partial charge in [0, 0.05) is 13.2 Å². The van der Waals surface area contributed by atoms with E-state index in [1.54, 1.807) is 6.20 Å². The number of hydrazine groups is 1. The fourth-order valence-electron chi connectivity index (χ4n) is 2.20. The number of nitrogens with two attached hydrogens (primary N) is 1. The monoisotopic (exact) mass is 347 g/mol. The fourth-order valence-corrected chi connectivity index (χ4v) is 2.72. The predicted molar refractivity (Wildman–Crippen MR) is 84.3 cm³/mol. The Bertz CT molecular complexity index is 419. The summed E-state index contributed by atoms with van der Waals surface area (Å²) in [5.74, 6) is 5.77. The summed E-state index contributed by atoms with van der Waals surface area (Å²) >= 11 is 3.56. The number of hydrogen-bond donors (Lipinski definition) is 2. The van der Waals surface area contributed by atoms with E-state index < -0.39 is 5.60 Å². The maximum absolute atomic E-state index is 5.83. The number of ether oxygens (including phenoxy) is 1. The molecule has 0 fully saturated rings. The van der Waals surface area contributed by atoms with E-state index in [0.717, 1.165) is 23.3 Å². The average molecular weight is 348 g/mol. The van der Waals surface area contributed by atoms with Gasteiger partial charge in [-0.15, -0.1) is 0 Å². The molecule has 1 unspecified atom stereocenters. The van der Waals surface area contributed by atoms with E-state index in [9.17, 15) is 0 Å². The van der Waals surface area contributed by atoms with E-state index in [-0.39, 0.29) is 6.04 Å². The molecule has 1 atom stereocenters. The van der Waals surface area contributed by atoms with E-state index in [4.69, 9.17) is 10.6 Å². The fraction of sp³-hybridized carbons (Fsp3) is 0.769. The third kappa shape index (κ3) is 4.26. The second-order valence-corrected chi connectivity index (χ2v) is 6.39. The van der Waals surface area contributed by atoms with Crippen molar-refractivity contribution in [3.8, 4) is 0 Å². The molecule has 0 aliphatic rings. The van der Waals surface area contributed by atoms with Gasteiger partial charge in [0.2, 0.25) is 0 Å². The van der Waals surface area contributed by atoms with Crippen LogP contribution in [0.3, 0.4) is 0 Å². The zero-order valence-electron chi connectivity index (χ0n) is 13.0. The predicted octanol–water partition coefficient (Wildman–Crippen LogP) is 1.53. The molecule has 116 valence electrons. The summed E-state index contributed by atoms with van der Waals surface area (Å²) in [6.07, 6.45) is 1.80. The van der Waals surface area contributed by atoms with Gasteiger partial charge in [-0.05, 0) is 50.8 Å². The van der Waals surface area contributed by atoms with Crippen LogP contribution >= 0.6 is 15.9 Å². The van der Waals surface area contributed by atoms with Crippen LogP contribution in [-0.4, -0.2) is 47.5 Å². The van der Waals surface area contributed by atoms with Crippen molar-refractivity contribution >= 4 is 15.9 Å². The minimum atomic E-state index is -0.429. The second-order valence-electron chi connectivity index (χ2n) is 5.54. The lowest BCUT2D eigenvalue weighted by molar-refractivity contribution is -0.0415. The topological polar surface area (TPSA) is 68.3 Å². The molecule has 0 saturated carbocycles. The minimum Gasteiger partial charge on any atom is -0.374 e. The summed E-state index contributed by atoms with van der Waals surface area (Å²) in [7, 11) is 4.09. The van der Waals surface area contributed by atoms with Crippen molar-refractivity contribution < 1.29 is 4.74 Å². The first-order chi connectivity index (χ1) is 9.33. The SMILES string of the molecule is CCOC(C)(C)C(NN)c1c(Br)cnn1CCN(C)C. The molecule has 0 spiro atoms. The zero-order valence-corrected chi connectivity index (χ0v) is 14.6. The summed E-state index contributed by atoms with van der Waals surface area (Å²) in [6.45, 7) is 8.37. The van der Waals surface area contributed by atoms with Crippen LogP contribution in [0.25, 0.3) is 0 Å². The van der Waals surface area contributed by atoms with Crippen molar-refractivity contribution in [1.82, 2.24) is 20.1 Å². The summed E-state index contributed by atoms with van der Waals surface area (Å²) < 4.78 is 8.73. The number of nitrogens with one attached hydrogen (secondary N) is 1. The Balaban J connectivity index is 3.05. The number of rotatable bonds is 8. The summed E-state index contributed by atoms with van der Waals surface area (Å²) in [5.41, 5.74) is 3.45. The van der Waals surface area contributed by atoms with Crippen LogP contribution < -0.4 is 11.3 Å². The van der Waals surface area contributed by atoms with Gasteiger partial charge in [0.15, 0.2) is 0 Å². The lowest BCUT2D eigenvalue weighted by Gasteiger charge is -2.34. The summed E-state index contributed by atoms with van der Waals surface area (Å²) in [4.78, 5) is 2.12. The smallest absolute Gasteiger partial charge is 0.0924 e. The van der Waals surface area contributed by atoms with Gasteiger partial charge in [-0.3, -0.25) is 10.5 Å². The van der Waals surface area contributed by atoms with Crippen molar-refractivity contribution in [3.05, 3.63) is 16.4 Å². The quantitative estimate of drug-likeness (QED) is 0.551. The van der Waals surface area contributed by atoms with E-state index >= 15 is 0 Å². The van der Waals surface area contributed by atoms with Crippen LogP contribution in [0, 0.1) is 0 Å². The molecule has 7 heteroatoms. The van der Waals surface area contributed by atoms with E-state index in [2.05, 4.69) is 31.4 Å². The Morgan fingerprint density at radius 2 is 2.20 bits per heavy atom. The van der Waals surface area contributed by atoms with Gasteiger partial charge >= 0.3 is 0 Å². The molecule has 6 nitrogen and oxygen atoms in total. The maximum atomic E-state index is 5.83. The molecule has 0 aliphatic carbocycles. The van der Waals surface area contributed by atoms with Gasteiger partial charge in [-0.1, -0.05) is 0 Å². The molecule has 1 aromatic rings. The number of aromatic nitrogens is 2. The molecular weight excluding hydrogens is 322 g/mol. The van der Waals surface area contributed by atoms with Crippen molar-refractivity contribution in [3.63, 3.8) is 0 Å². The highest BCUT2D eigenvalue weighted by Gasteiger charge is 2.34. The molecule has 1 heterocycles. The first-order valence-electron chi connectivity index (χ1n) is 6.79. The maximum Gasteiger partial charge on any atom is 0.0924 e. The third-order valence-electron chi connectivity index (χ3n) is 3.24. The largest absolute Gasteiger partial charge is 0.374 e. The van der Waals surface area contributed by atoms with Crippen LogP contribution in [0.15, 0.2) is 10.7 Å². The molecule has 1 rings (SSSR count). The molecule has 0 aromatic carbocycles. The lowest BCUT2D eigenvalue weighted by Crippen LogP contribution is -2.46. The molecular formula is C13H26BrN5O. The van der Waals surface area contributed by atoms with Crippen LogP contribution in [0.5, 0.6) is 0 Å². The Morgan fingerprint density at radius 1 is 1.55 bits per heavy atom. The molecule has 0 aliphatic heterocycles. The van der Waals surface area contributed by atoms with Crippen LogP contribution in [0.1, 0.15) is 32.5 Å². The van der Waals surface area contributed by atoms with Crippen molar-refractivity contribution in [2.45, 2.75) is 39.0 Å². The van der Waals surface area contributed by atoms with Gasteiger partial charge in [0.05, 0.1) is 34.6 Å². The Kier molecular flexibility index (Phi) is 6.60. The second kappa shape index (κ2) is 7.51. The molecule has 0 amide bonds. The first-order valence-corrected chi connectivity index (χ1v) is 7.58. The highest BCUT2D eigenvalue weighted by molar-refractivity contribution is 9.10. The van der Waals surface area contributed by atoms with E-state index in [1.165, 1.54) is 0 Å². The molecule has 1 aromatic heterocycles. The Morgan fingerprint density at radius 3 is 2.70 bits per heavy atom. The van der Waals surface area contributed by atoms with Crippen molar-refractivity contribution in [2.24, 2.45) is 5.84 Å². The number of hydrogen-bond acceptors (Lipinski definition) is 5. The number of nitrogens with zero attached hydrogens (tertiary/aromatic N) is 3. The zero-order chi connectivity index (χ0) is 15.3. The van der Waals surface area contributed by atoms with E-state index in [0.29, 0.717) is 6.61 Å². The molecule has 3 N–H and O–H groups in total. The van der Waals surface area contributed by atoms with Gasteiger partial charge in [-0.2, -0.15) is 5.10 Å². The van der Waals surface area contributed by atoms with E-state index in [1.807, 2.05) is 39.5 Å². The Labute approximate surface area is 129 Å². The van der Waals surface area contributed by atoms with Gasteiger partial charge < -0.3 is 9.64 Å². The average Bonchev–Trinajstić information content (AvgIpc) is 2.69. The number of halogens is 1. The normalized spacial score (nSPS) is 14.0. The third-order valence-corrected chi connectivity index (χ3v) is 3.85. The van der Waals surface area contributed by atoms with Crippen LogP contribution in [0.2, 0.25) is 0 Å². The van der Waals surface area contributed by atoms with Gasteiger partial charge in [0.1, 0.15) is 0 Å². The van der Waals surface area contributed by atoms with Crippen molar-refractivity contribution in [1.29, 1.82) is 0 Å². The molecule has 0 radical (unpaired) electrons. The van der Waals surface area contributed by atoms with Crippen LogP contribution in [-0.2, 0) is 11.3 Å². The lowest BCUT2D eigenvalue weighted by atomic mass is 9.96. The minimum absolute atomic E-state index is 0.151. The Hall–Kier alpha value is -0.470. The number of likely N-dealkylation sites (N-methyl/N-ethyl adjacent to an activating group) is 1. The van der Waals surface area contributed by atoms with Crippen LogP contribution in [0.4, 0.5) is 0 Å². The molecule has 0 bridgehead atoms. The molecule has 20 heavy (non-hydrogen) atoms. The standard InChI is InChI=1S/C13H26BrN5O/c1-6-20-13(2,3)12(17-15)11-10(14)9-16-19(11)8-7-18(4)5/h9,12,17H,6-8,15H2,1-5H3. The first kappa shape index (κ1) is 17.6. The summed E-state index contributed by atoms with van der Waals surface area (Å²) in [5, 5.41) is 4.42.